The van der Waals surface area contributed by atoms with Crippen LogP contribution in [0.1, 0.15) is 48.0 Å². The smallest absolute Gasteiger partial charge is 0.251 e. The Morgan fingerprint density at radius 1 is 0.886 bits per heavy atom. The lowest BCUT2D eigenvalue weighted by molar-refractivity contribution is -0.131. The maximum Gasteiger partial charge on any atom is 0.251 e. The second-order valence-corrected chi connectivity index (χ2v) is 10.1. The number of anilines is 1. The molecule has 0 radical (unpaired) electrons. The highest BCUT2D eigenvalue weighted by atomic mass is 32.1. The number of nitrogens with zero attached hydrogens (tertiary/aromatic N) is 1. The molecular formula is C27H28N4O3S. The van der Waals surface area contributed by atoms with Crippen LogP contribution >= 0.6 is 11.3 Å². The largest absolute Gasteiger partial charge is 0.352 e. The average Bonchev–Trinajstić information content (AvgIpc) is 3.35. The van der Waals surface area contributed by atoms with Crippen LogP contribution < -0.4 is 16.0 Å². The molecule has 0 bridgehead atoms. The van der Waals surface area contributed by atoms with Gasteiger partial charge in [0.25, 0.3) is 5.91 Å². The van der Waals surface area contributed by atoms with Crippen molar-refractivity contribution in [2.45, 2.75) is 44.7 Å². The van der Waals surface area contributed by atoms with Crippen LogP contribution in [0.3, 0.4) is 0 Å². The minimum Gasteiger partial charge on any atom is -0.352 e. The molecule has 2 aliphatic carbocycles. The van der Waals surface area contributed by atoms with Crippen LogP contribution in [0.2, 0.25) is 0 Å². The van der Waals surface area contributed by atoms with Crippen LogP contribution in [0.5, 0.6) is 0 Å². The van der Waals surface area contributed by atoms with E-state index in [0.717, 1.165) is 36.1 Å². The Kier molecular flexibility index (Phi) is 6.90. The summed E-state index contributed by atoms with van der Waals surface area (Å²) in [4.78, 5) is 42.5. The number of thiazole rings is 1. The molecule has 0 aliphatic heterocycles. The van der Waals surface area contributed by atoms with Crippen LogP contribution in [0.25, 0.3) is 11.3 Å². The van der Waals surface area contributed by atoms with Crippen molar-refractivity contribution < 1.29 is 14.4 Å². The summed E-state index contributed by atoms with van der Waals surface area (Å²) in [6, 6.07) is 17.4. The molecule has 1 aromatic heterocycles. The van der Waals surface area contributed by atoms with Crippen molar-refractivity contribution in [3.05, 3.63) is 71.1 Å². The van der Waals surface area contributed by atoms with Gasteiger partial charge in [-0.15, -0.1) is 11.3 Å². The monoisotopic (exact) mass is 488 g/mol. The predicted octanol–water partition coefficient (Wildman–Crippen LogP) is 4.37. The molecule has 2 fully saturated rings. The van der Waals surface area contributed by atoms with Gasteiger partial charge in [-0.05, 0) is 43.4 Å². The second-order valence-electron chi connectivity index (χ2n) is 9.20. The zero-order chi connectivity index (χ0) is 24.2. The fourth-order valence-corrected chi connectivity index (χ4v) is 5.18. The Balaban J connectivity index is 1.17. The summed E-state index contributed by atoms with van der Waals surface area (Å²) in [5, 5.41) is 11.3. The van der Waals surface area contributed by atoms with Gasteiger partial charge in [0, 0.05) is 40.9 Å². The van der Waals surface area contributed by atoms with E-state index in [1.807, 2.05) is 47.8 Å². The Morgan fingerprint density at radius 2 is 1.60 bits per heavy atom. The fraction of sp³-hybridized carbons (Fsp3) is 0.333. The van der Waals surface area contributed by atoms with Gasteiger partial charge < -0.3 is 16.0 Å². The highest BCUT2D eigenvalue weighted by Crippen LogP contribution is 2.34. The summed E-state index contributed by atoms with van der Waals surface area (Å²) >= 11 is 1.35. The van der Waals surface area contributed by atoms with E-state index < -0.39 is 0 Å². The van der Waals surface area contributed by atoms with Crippen molar-refractivity contribution in [2.75, 3.05) is 5.32 Å². The summed E-state index contributed by atoms with van der Waals surface area (Å²) in [5.74, 6) is -0.966. The van der Waals surface area contributed by atoms with Crippen molar-refractivity contribution >= 4 is 34.2 Å². The number of amides is 3. The van der Waals surface area contributed by atoms with Gasteiger partial charge in [-0.3, -0.25) is 14.4 Å². The van der Waals surface area contributed by atoms with Crippen molar-refractivity contribution in [3.8, 4) is 11.3 Å². The van der Waals surface area contributed by atoms with Crippen molar-refractivity contribution in [3.63, 3.8) is 0 Å². The van der Waals surface area contributed by atoms with E-state index in [4.69, 9.17) is 0 Å². The minimum atomic E-state index is -0.359. The van der Waals surface area contributed by atoms with Gasteiger partial charge in [0.1, 0.15) is 0 Å². The molecule has 3 aromatic rings. The molecule has 3 amide bonds. The number of hydrogen-bond donors (Lipinski definition) is 3. The predicted molar refractivity (Wildman–Crippen MR) is 136 cm³/mol. The summed E-state index contributed by atoms with van der Waals surface area (Å²) in [7, 11) is 0. The lowest BCUT2D eigenvalue weighted by Gasteiger charge is -2.18. The summed E-state index contributed by atoms with van der Waals surface area (Å²) in [5.41, 5.74) is 3.28. The SMILES string of the molecule is O=C(NC1CC1)c1ccc(-c2csc(NC(=O)[C@@H]3CCC[C@@H]3C(=O)NCc3ccccc3)n2)cc1. The van der Waals surface area contributed by atoms with E-state index in [2.05, 4.69) is 20.9 Å². The first-order chi connectivity index (χ1) is 17.1. The van der Waals surface area contributed by atoms with Crippen LogP contribution in [0.4, 0.5) is 5.13 Å². The molecule has 0 saturated heterocycles. The maximum atomic E-state index is 13.0. The van der Waals surface area contributed by atoms with Gasteiger partial charge in [0.05, 0.1) is 5.69 Å². The number of hydrogen-bond acceptors (Lipinski definition) is 5. The average molecular weight is 489 g/mol. The van der Waals surface area contributed by atoms with Crippen LogP contribution in [0.15, 0.2) is 60.0 Å². The second kappa shape index (κ2) is 10.4. The fourth-order valence-electron chi connectivity index (χ4n) is 4.45. The van der Waals surface area contributed by atoms with E-state index in [1.165, 1.54) is 11.3 Å². The quantitative estimate of drug-likeness (QED) is 0.438. The van der Waals surface area contributed by atoms with E-state index in [-0.39, 0.29) is 29.6 Å². The molecule has 35 heavy (non-hydrogen) atoms. The third kappa shape index (κ3) is 5.77. The molecule has 2 saturated carbocycles. The molecular weight excluding hydrogens is 460 g/mol. The van der Waals surface area contributed by atoms with Crippen LogP contribution in [-0.4, -0.2) is 28.7 Å². The normalized spacial score (nSPS) is 19.2. The summed E-state index contributed by atoms with van der Waals surface area (Å²) in [6.07, 6.45) is 4.36. The van der Waals surface area contributed by atoms with E-state index in [1.54, 1.807) is 12.1 Å². The van der Waals surface area contributed by atoms with Crippen molar-refractivity contribution in [1.82, 2.24) is 15.6 Å². The van der Waals surface area contributed by atoms with E-state index in [9.17, 15) is 14.4 Å². The number of carbonyl (C=O) groups is 3. The molecule has 180 valence electrons. The molecule has 7 nitrogen and oxygen atoms in total. The van der Waals surface area contributed by atoms with Crippen molar-refractivity contribution in [1.29, 1.82) is 0 Å². The number of rotatable bonds is 8. The standard InChI is InChI=1S/C27H28N4O3S/c32-24(29-20-13-14-20)19-11-9-18(10-12-19)23-16-35-27(30-23)31-26(34)22-8-4-7-21(22)25(33)28-15-17-5-2-1-3-6-17/h1-3,5-6,9-12,16,20-22H,4,7-8,13-15H2,(H,28,33)(H,29,32)(H,30,31,34)/t21-,22+/m0/s1. The van der Waals surface area contributed by atoms with Gasteiger partial charge in [-0.2, -0.15) is 0 Å². The number of carbonyl (C=O) groups excluding carboxylic acids is 3. The van der Waals surface area contributed by atoms with Gasteiger partial charge >= 0.3 is 0 Å². The first-order valence-corrected chi connectivity index (χ1v) is 12.9. The zero-order valence-corrected chi connectivity index (χ0v) is 20.1. The highest BCUT2D eigenvalue weighted by Gasteiger charge is 2.38. The maximum absolute atomic E-state index is 13.0. The molecule has 0 unspecified atom stereocenters. The van der Waals surface area contributed by atoms with E-state index in [0.29, 0.717) is 36.1 Å². The molecule has 2 atom stereocenters. The van der Waals surface area contributed by atoms with Crippen LogP contribution in [0, 0.1) is 11.8 Å². The molecule has 2 aliphatic rings. The lowest BCUT2D eigenvalue weighted by Crippen LogP contribution is -2.36. The molecule has 5 rings (SSSR count). The molecule has 8 heteroatoms. The first kappa shape index (κ1) is 23.2. The highest BCUT2D eigenvalue weighted by molar-refractivity contribution is 7.14. The Morgan fingerprint density at radius 3 is 2.31 bits per heavy atom. The third-order valence-corrected chi connectivity index (χ3v) is 7.35. The van der Waals surface area contributed by atoms with Crippen LogP contribution in [-0.2, 0) is 16.1 Å². The van der Waals surface area contributed by atoms with Crippen molar-refractivity contribution in [2.24, 2.45) is 11.8 Å². The third-order valence-electron chi connectivity index (χ3n) is 6.59. The minimum absolute atomic E-state index is 0.0517. The lowest BCUT2D eigenvalue weighted by atomic mass is 9.94. The molecule has 0 spiro atoms. The number of benzene rings is 2. The van der Waals surface area contributed by atoms with E-state index >= 15 is 0 Å². The summed E-state index contributed by atoms with van der Waals surface area (Å²) < 4.78 is 0. The zero-order valence-electron chi connectivity index (χ0n) is 19.3. The van der Waals surface area contributed by atoms with Gasteiger partial charge in [0.2, 0.25) is 11.8 Å². The Hall–Kier alpha value is -3.52. The molecule has 2 aromatic carbocycles. The summed E-state index contributed by atoms with van der Waals surface area (Å²) in [6.45, 7) is 0.460. The van der Waals surface area contributed by atoms with Gasteiger partial charge in [-0.25, -0.2) is 4.98 Å². The first-order valence-electron chi connectivity index (χ1n) is 12.1. The number of nitrogens with one attached hydrogen (secondary N) is 3. The molecule has 1 heterocycles. The Bertz CT molecular complexity index is 1200. The van der Waals surface area contributed by atoms with Gasteiger partial charge in [-0.1, -0.05) is 48.9 Å². The Labute approximate surface area is 208 Å². The topological polar surface area (TPSA) is 100 Å². The van der Waals surface area contributed by atoms with Gasteiger partial charge in [0.15, 0.2) is 5.13 Å². The molecule has 3 N–H and O–H groups in total. The number of aromatic nitrogens is 1.